The van der Waals surface area contributed by atoms with Crippen molar-refractivity contribution in [2.75, 3.05) is 46.5 Å². The second-order valence-electron chi connectivity index (χ2n) is 6.82. The Hall–Kier alpha value is -1.55. The number of hydrogen-bond donors (Lipinski definition) is 2. The van der Waals surface area contributed by atoms with Gasteiger partial charge in [0.25, 0.3) is 0 Å². The lowest BCUT2D eigenvalue weighted by atomic mass is 10.2. The molecule has 0 atom stereocenters. The van der Waals surface area contributed by atoms with Crippen LogP contribution in [0.2, 0.25) is 5.02 Å². The number of rotatable bonds is 8. The minimum atomic E-state index is 0. The van der Waals surface area contributed by atoms with Gasteiger partial charge in [-0.25, -0.2) is 0 Å². The summed E-state index contributed by atoms with van der Waals surface area (Å²) in [4.78, 5) is 6.64. The van der Waals surface area contributed by atoms with Gasteiger partial charge in [-0.2, -0.15) is 0 Å². The summed E-state index contributed by atoms with van der Waals surface area (Å²) < 4.78 is 11.3. The molecule has 6 nitrogen and oxygen atoms in total. The smallest absolute Gasteiger partial charge is 0.191 e. The Kier molecular flexibility index (Phi) is 11.3. The highest BCUT2D eigenvalue weighted by molar-refractivity contribution is 14.0. The Labute approximate surface area is 201 Å². The van der Waals surface area contributed by atoms with E-state index in [-0.39, 0.29) is 24.0 Å². The SMILES string of the molecule is CN=C(NCc1cccc(OCCN2CCOCC2)c1)NCc1ccccc1Cl.I. The van der Waals surface area contributed by atoms with E-state index < -0.39 is 0 Å². The molecule has 0 spiro atoms. The van der Waals surface area contributed by atoms with Gasteiger partial charge >= 0.3 is 0 Å². The van der Waals surface area contributed by atoms with Gasteiger partial charge in [0.15, 0.2) is 5.96 Å². The number of nitrogens with one attached hydrogen (secondary N) is 2. The molecule has 2 N–H and O–H groups in total. The van der Waals surface area contributed by atoms with E-state index in [9.17, 15) is 0 Å². The van der Waals surface area contributed by atoms with Crippen LogP contribution < -0.4 is 15.4 Å². The molecule has 2 aromatic rings. The Bertz CT molecular complexity index is 800. The van der Waals surface area contributed by atoms with E-state index in [1.165, 1.54) is 0 Å². The van der Waals surface area contributed by atoms with Gasteiger partial charge in [0.1, 0.15) is 12.4 Å². The standard InChI is InChI=1S/C22H29ClN4O2.HI/c1-24-22(26-17-19-6-2-3-8-21(19)23)25-16-18-5-4-7-20(15-18)29-14-11-27-9-12-28-13-10-27;/h2-8,15H,9-14,16-17H2,1H3,(H2,24,25,26);1H. The summed E-state index contributed by atoms with van der Waals surface area (Å²) >= 11 is 6.21. The van der Waals surface area contributed by atoms with E-state index in [1.807, 2.05) is 36.4 Å². The first-order valence-electron chi connectivity index (χ1n) is 9.94. The van der Waals surface area contributed by atoms with Crippen molar-refractivity contribution in [3.63, 3.8) is 0 Å². The summed E-state index contributed by atoms with van der Waals surface area (Å²) in [6.45, 7) is 6.45. The van der Waals surface area contributed by atoms with Gasteiger partial charge in [-0.3, -0.25) is 9.89 Å². The number of morpholine rings is 1. The summed E-state index contributed by atoms with van der Waals surface area (Å²) in [5, 5.41) is 7.37. The molecule has 0 aromatic heterocycles. The third kappa shape index (κ3) is 8.29. The van der Waals surface area contributed by atoms with Gasteiger partial charge in [0, 0.05) is 44.8 Å². The highest BCUT2D eigenvalue weighted by Gasteiger charge is 2.10. The van der Waals surface area contributed by atoms with Gasteiger partial charge in [0.05, 0.1) is 13.2 Å². The third-order valence-electron chi connectivity index (χ3n) is 4.77. The monoisotopic (exact) mass is 544 g/mol. The number of hydrogen-bond acceptors (Lipinski definition) is 4. The van der Waals surface area contributed by atoms with E-state index in [0.717, 1.165) is 60.7 Å². The Morgan fingerprint density at radius 3 is 2.63 bits per heavy atom. The van der Waals surface area contributed by atoms with Crippen LogP contribution in [0.5, 0.6) is 5.75 Å². The molecule has 0 aliphatic carbocycles. The zero-order valence-corrected chi connectivity index (χ0v) is 20.4. The molecule has 0 bridgehead atoms. The predicted octanol–water partition coefficient (Wildman–Crippen LogP) is 3.53. The van der Waals surface area contributed by atoms with Crippen molar-refractivity contribution < 1.29 is 9.47 Å². The summed E-state index contributed by atoms with van der Waals surface area (Å²) in [5.74, 6) is 1.61. The number of ether oxygens (including phenoxy) is 2. The number of halogens is 2. The number of guanidine groups is 1. The minimum absolute atomic E-state index is 0. The average molecular weight is 545 g/mol. The van der Waals surface area contributed by atoms with Crippen molar-refractivity contribution in [2.24, 2.45) is 4.99 Å². The number of benzene rings is 2. The second-order valence-corrected chi connectivity index (χ2v) is 7.23. The molecule has 0 unspecified atom stereocenters. The van der Waals surface area contributed by atoms with Crippen molar-refractivity contribution in [2.45, 2.75) is 13.1 Å². The van der Waals surface area contributed by atoms with E-state index in [4.69, 9.17) is 21.1 Å². The fourth-order valence-electron chi connectivity index (χ4n) is 3.09. The Balaban J connectivity index is 0.00000320. The maximum absolute atomic E-state index is 6.21. The van der Waals surface area contributed by atoms with E-state index in [2.05, 4.69) is 32.7 Å². The molecular weight excluding hydrogens is 515 g/mol. The molecule has 0 amide bonds. The first-order chi connectivity index (χ1) is 14.2. The Morgan fingerprint density at radius 1 is 1.10 bits per heavy atom. The van der Waals surface area contributed by atoms with Crippen molar-refractivity contribution >= 4 is 41.5 Å². The van der Waals surface area contributed by atoms with Gasteiger partial charge in [-0.15, -0.1) is 24.0 Å². The lowest BCUT2D eigenvalue weighted by molar-refractivity contribution is 0.0322. The van der Waals surface area contributed by atoms with Crippen LogP contribution in [0.15, 0.2) is 53.5 Å². The van der Waals surface area contributed by atoms with Crippen LogP contribution in [0.1, 0.15) is 11.1 Å². The molecule has 1 saturated heterocycles. The maximum Gasteiger partial charge on any atom is 0.191 e. The molecule has 1 fully saturated rings. The van der Waals surface area contributed by atoms with Gasteiger partial charge < -0.3 is 20.1 Å². The molecule has 0 radical (unpaired) electrons. The Morgan fingerprint density at radius 2 is 1.87 bits per heavy atom. The second kappa shape index (κ2) is 13.7. The first kappa shape index (κ1) is 24.7. The van der Waals surface area contributed by atoms with Crippen molar-refractivity contribution in [1.82, 2.24) is 15.5 Å². The quantitative estimate of drug-likeness (QED) is 0.303. The highest BCUT2D eigenvalue weighted by atomic mass is 127. The van der Waals surface area contributed by atoms with Crippen LogP contribution in [-0.2, 0) is 17.8 Å². The molecule has 164 valence electrons. The normalized spacial score (nSPS) is 14.7. The average Bonchev–Trinajstić information content (AvgIpc) is 2.76. The molecular formula is C22H30ClIN4O2. The summed E-state index contributed by atoms with van der Waals surface area (Å²) in [5.41, 5.74) is 2.17. The predicted molar refractivity (Wildman–Crippen MR) is 133 cm³/mol. The summed E-state index contributed by atoms with van der Waals surface area (Å²) in [7, 11) is 1.76. The van der Waals surface area contributed by atoms with Gasteiger partial charge in [-0.1, -0.05) is 41.9 Å². The molecule has 3 rings (SSSR count). The van der Waals surface area contributed by atoms with Crippen LogP contribution >= 0.6 is 35.6 Å². The molecule has 8 heteroatoms. The molecule has 30 heavy (non-hydrogen) atoms. The van der Waals surface area contributed by atoms with Crippen LogP contribution in [0, 0.1) is 0 Å². The van der Waals surface area contributed by atoms with Crippen molar-refractivity contribution in [1.29, 1.82) is 0 Å². The fourth-order valence-corrected chi connectivity index (χ4v) is 3.29. The van der Waals surface area contributed by atoms with Gasteiger partial charge in [-0.05, 0) is 29.3 Å². The first-order valence-corrected chi connectivity index (χ1v) is 10.3. The third-order valence-corrected chi connectivity index (χ3v) is 5.13. The van der Waals surface area contributed by atoms with E-state index in [1.54, 1.807) is 7.05 Å². The number of aliphatic imine (C=N–C) groups is 1. The lowest BCUT2D eigenvalue weighted by Crippen LogP contribution is -2.38. The molecule has 1 aliphatic heterocycles. The van der Waals surface area contributed by atoms with Crippen LogP contribution in [0.3, 0.4) is 0 Å². The summed E-state index contributed by atoms with van der Waals surface area (Å²) in [6, 6.07) is 15.9. The van der Waals surface area contributed by atoms with E-state index in [0.29, 0.717) is 19.7 Å². The molecule has 2 aromatic carbocycles. The topological polar surface area (TPSA) is 58.1 Å². The molecule has 0 saturated carbocycles. The highest BCUT2D eigenvalue weighted by Crippen LogP contribution is 2.15. The van der Waals surface area contributed by atoms with Crippen molar-refractivity contribution in [3.8, 4) is 5.75 Å². The molecule has 1 aliphatic rings. The van der Waals surface area contributed by atoms with Crippen LogP contribution in [0.4, 0.5) is 0 Å². The number of nitrogens with zero attached hydrogens (tertiary/aromatic N) is 2. The molecule has 1 heterocycles. The zero-order valence-electron chi connectivity index (χ0n) is 17.3. The van der Waals surface area contributed by atoms with Crippen molar-refractivity contribution in [3.05, 3.63) is 64.7 Å². The van der Waals surface area contributed by atoms with Gasteiger partial charge in [0.2, 0.25) is 0 Å². The fraction of sp³-hybridized carbons (Fsp3) is 0.409. The lowest BCUT2D eigenvalue weighted by Gasteiger charge is -2.26. The summed E-state index contributed by atoms with van der Waals surface area (Å²) in [6.07, 6.45) is 0. The van der Waals surface area contributed by atoms with Crippen LogP contribution in [0.25, 0.3) is 0 Å². The van der Waals surface area contributed by atoms with Crippen LogP contribution in [-0.4, -0.2) is 57.4 Å². The zero-order chi connectivity index (χ0) is 20.3. The minimum Gasteiger partial charge on any atom is -0.492 e. The van der Waals surface area contributed by atoms with E-state index >= 15 is 0 Å². The maximum atomic E-state index is 6.21. The largest absolute Gasteiger partial charge is 0.492 e.